The Morgan fingerprint density at radius 3 is 2.48 bits per heavy atom. The van der Waals surface area contributed by atoms with Crippen LogP contribution in [-0.2, 0) is 10.0 Å². The number of amides is 2. The van der Waals surface area contributed by atoms with Gasteiger partial charge >= 0.3 is 6.03 Å². The minimum absolute atomic E-state index is 0.0188. The van der Waals surface area contributed by atoms with Crippen LogP contribution in [0.4, 0.5) is 4.79 Å². The molecule has 0 fully saturated rings. The molecule has 0 spiro atoms. The maximum Gasteiger partial charge on any atom is 0.354 e. The molecule has 0 saturated carbocycles. The van der Waals surface area contributed by atoms with E-state index in [1.54, 1.807) is 17.1 Å². The van der Waals surface area contributed by atoms with E-state index in [1.165, 1.54) is 0 Å². The molecule has 2 rings (SSSR count). The van der Waals surface area contributed by atoms with Crippen LogP contribution < -0.4 is 4.72 Å². The van der Waals surface area contributed by atoms with Crippen molar-refractivity contribution in [3.05, 3.63) is 66.0 Å². The third kappa shape index (κ3) is 6.17. The summed E-state index contributed by atoms with van der Waals surface area (Å²) in [5.74, 6) is 0.0706. The van der Waals surface area contributed by atoms with Crippen LogP contribution in [-0.4, -0.2) is 42.5 Å². The van der Waals surface area contributed by atoms with E-state index in [-0.39, 0.29) is 12.5 Å². The first-order valence-corrected chi connectivity index (χ1v) is 9.69. The van der Waals surface area contributed by atoms with Gasteiger partial charge in [0.1, 0.15) is 0 Å². The van der Waals surface area contributed by atoms with Crippen LogP contribution in [0.2, 0.25) is 0 Å². The Morgan fingerprint density at radius 2 is 1.88 bits per heavy atom. The van der Waals surface area contributed by atoms with E-state index in [0.717, 1.165) is 17.4 Å². The number of urea groups is 1. The number of hydroxylamine groups is 2. The van der Waals surface area contributed by atoms with Crippen LogP contribution in [0.25, 0.3) is 0 Å². The highest BCUT2D eigenvalue weighted by Gasteiger charge is 2.18. The molecule has 0 bridgehead atoms. The normalized spacial score (nSPS) is 12.4. The van der Waals surface area contributed by atoms with Gasteiger partial charge in [-0.05, 0) is 30.0 Å². The van der Waals surface area contributed by atoms with Gasteiger partial charge in [-0.3, -0.25) is 10.2 Å². The second-order valence-electron chi connectivity index (χ2n) is 5.69. The van der Waals surface area contributed by atoms with Crippen molar-refractivity contribution in [2.24, 2.45) is 0 Å². The number of hydrogen-bond donors (Lipinski definition) is 2. The minimum Gasteiger partial charge on any atom is -0.284 e. The highest BCUT2D eigenvalue weighted by atomic mass is 32.2. The molecule has 2 aromatic rings. The third-order valence-corrected chi connectivity index (χ3v) is 4.20. The van der Waals surface area contributed by atoms with Crippen molar-refractivity contribution >= 4 is 16.1 Å². The summed E-state index contributed by atoms with van der Waals surface area (Å²) in [6.45, 7) is 0.0188. The van der Waals surface area contributed by atoms with Crippen LogP contribution in [0.5, 0.6) is 0 Å². The number of hydrogen-bond acceptors (Lipinski definition) is 5. The summed E-state index contributed by atoms with van der Waals surface area (Å²) in [5.41, 5.74) is 2.15. The molecule has 0 aliphatic carbocycles. The highest BCUT2D eigenvalue weighted by Crippen LogP contribution is 2.28. The van der Waals surface area contributed by atoms with E-state index in [9.17, 15) is 18.4 Å². The second kappa shape index (κ2) is 8.59. The van der Waals surface area contributed by atoms with Gasteiger partial charge in [0, 0.05) is 18.3 Å². The predicted molar refractivity (Wildman–Crippen MR) is 93.6 cm³/mol. The van der Waals surface area contributed by atoms with Gasteiger partial charge in [0.15, 0.2) is 0 Å². The van der Waals surface area contributed by atoms with Crippen molar-refractivity contribution in [3.63, 3.8) is 0 Å². The summed E-state index contributed by atoms with van der Waals surface area (Å²) in [4.78, 5) is 15.7. The minimum atomic E-state index is -3.71. The zero-order chi connectivity index (χ0) is 18.3. The van der Waals surface area contributed by atoms with Crippen LogP contribution >= 0.6 is 0 Å². The highest BCUT2D eigenvalue weighted by molar-refractivity contribution is 7.89. The fraction of sp³-hybridized carbons (Fsp3) is 0.294. The molecule has 134 valence electrons. The van der Waals surface area contributed by atoms with E-state index in [2.05, 4.69) is 4.98 Å². The van der Waals surface area contributed by atoms with Gasteiger partial charge in [0.2, 0.25) is 10.0 Å². The third-order valence-electron chi connectivity index (χ3n) is 3.66. The van der Waals surface area contributed by atoms with Crippen LogP contribution in [0.1, 0.15) is 29.9 Å². The largest absolute Gasteiger partial charge is 0.354 e. The first-order valence-electron chi connectivity index (χ1n) is 7.80. The van der Waals surface area contributed by atoms with Gasteiger partial charge in [-0.25, -0.2) is 23.0 Å². The fourth-order valence-corrected chi connectivity index (χ4v) is 2.97. The molecule has 2 N–H and O–H groups in total. The molecule has 25 heavy (non-hydrogen) atoms. The summed E-state index contributed by atoms with van der Waals surface area (Å²) >= 11 is 0. The van der Waals surface area contributed by atoms with Crippen molar-refractivity contribution in [1.29, 1.82) is 0 Å². The summed E-state index contributed by atoms with van der Waals surface area (Å²) in [6, 6.07) is 12.7. The lowest BCUT2D eigenvalue weighted by atomic mass is 9.88. The van der Waals surface area contributed by atoms with Crippen LogP contribution in [0.3, 0.4) is 0 Å². The number of nitrogens with one attached hydrogen (secondary N) is 1. The maximum atomic E-state index is 11.5. The Hall–Kier alpha value is -2.45. The molecule has 0 radical (unpaired) electrons. The summed E-state index contributed by atoms with van der Waals surface area (Å²) in [6.07, 6.45) is 5.51. The molecule has 0 aliphatic rings. The van der Waals surface area contributed by atoms with Crippen LogP contribution in [0.15, 0.2) is 54.9 Å². The van der Waals surface area contributed by atoms with Crippen molar-refractivity contribution in [1.82, 2.24) is 14.8 Å². The van der Waals surface area contributed by atoms with Crippen molar-refractivity contribution in [2.45, 2.75) is 18.8 Å². The monoisotopic (exact) mass is 363 g/mol. The molecular weight excluding hydrogens is 342 g/mol. The molecule has 8 heteroatoms. The summed E-state index contributed by atoms with van der Waals surface area (Å²) in [5, 5.41) is 10.1. The summed E-state index contributed by atoms with van der Waals surface area (Å²) < 4.78 is 23.8. The van der Waals surface area contributed by atoms with Crippen molar-refractivity contribution in [2.75, 3.05) is 12.8 Å². The molecule has 7 nitrogen and oxygen atoms in total. The standard InChI is InChI=1S/C17H21N3O4S/c1-25(23,24)19-17(21)20(22)12-6-10-16(14-7-3-2-4-8-14)15-9-5-11-18-13-15/h2-5,7-9,11,13,16,22H,6,10,12H2,1H3,(H,19,21). The molecule has 0 saturated heterocycles. The SMILES string of the molecule is CS(=O)(=O)NC(=O)N(O)CCCC(c1ccccc1)c1cccnc1. The van der Waals surface area contributed by atoms with Crippen molar-refractivity contribution < 1.29 is 18.4 Å². The van der Waals surface area contributed by atoms with Crippen LogP contribution in [0, 0.1) is 0 Å². The molecule has 0 aliphatic heterocycles. The zero-order valence-corrected chi connectivity index (χ0v) is 14.7. The Labute approximate surface area is 147 Å². The van der Waals surface area contributed by atoms with Gasteiger partial charge < -0.3 is 0 Å². The van der Waals surface area contributed by atoms with Gasteiger partial charge in [0.05, 0.1) is 12.8 Å². The first kappa shape index (κ1) is 18.9. The number of carbonyl (C=O) groups is 1. The van der Waals surface area contributed by atoms with Crippen molar-refractivity contribution in [3.8, 4) is 0 Å². The lowest BCUT2D eigenvalue weighted by Gasteiger charge is -2.20. The number of carbonyl (C=O) groups excluding carboxylic acids is 1. The lowest BCUT2D eigenvalue weighted by Crippen LogP contribution is -2.41. The molecule has 1 unspecified atom stereocenters. The number of nitrogens with zero attached hydrogens (tertiary/aromatic N) is 2. The summed E-state index contributed by atoms with van der Waals surface area (Å²) in [7, 11) is -3.71. The van der Waals surface area contributed by atoms with E-state index in [4.69, 9.17) is 0 Å². The fourth-order valence-electron chi connectivity index (χ4n) is 2.55. The van der Waals surface area contributed by atoms with Gasteiger partial charge in [-0.1, -0.05) is 36.4 Å². The number of benzene rings is 1. The van der Waals surface area contributed by atoms with Gasteiger partial charge in [0.25, 0.3) is 0 Å². The Balaban J connectivity index is 2.00. The number of pyridine rings is 1. The Bertz CT molecular complexity index is 743. The molecule has 2 amide bonds. The quantitative estimate of drug-likeness (QED) is 0.581. The van der Waals surface area contributed by atoms with Gasteiger partial charge in [-0.2, -0.15) is 0 Å². The predicted octanol–water partition coefficient (Wildman–Crippen LogP) is 2.35. The molecule has 1 aromatic heterocycles. The Morgan fingerprint density at radius 1 is 1.20 bits per heavy atom. The topological polar surface area (TPSA) is 99.6 Å². The molecule has 1 aromatic carbocycles. The average molecular weight is 363 g/mol. The van der Waals surface area contributed by atoms with Gasteiger partial charge in [-0.15, -0.1) is 0 Å². The van der Waals surface area contributed by atoms with E-state index >= 15 is 0 Å². The number of rotatable bonds is 7. The Kier molecular flexibility index (Phi) is 6.49. The number of aromatic nitrogens is 1. The van der Waals surface area contributed by atoms with E-state index < -0.39 is 16.1 Å². The molecule has 1 heterocycles. The lowest BCUT2D eigenvalue weighted by molar-refractivity contribution is -0.0420. The smallest absolute Gasteiger partial charge is 0.284 e. The molecular formula is C17H21N3O4S. The van der Waals surface area contributed by atoms with E-state index in [0.29, 0.717) is 17.9 Å². The molecule has 1 atom stereocenters. The van der Waals surface area contributed by atoms with E-state index in [1.807, 2.05) is 42.5 Å². The average Bonchev–Trinajstić information content (AvgIpc) is 2.58. The zero-order valence-electron chi connectivity index (χ0n) is 13.9. The maximum absolute atomic E-state index is 11.5. The number of sulfonamides is 1. The first-order chi connectivity index (χ1) is 11.9. The second-order valence-corrected chi connectivity index (χ2v) is 7.44.